The minimum atomic E-state index is -3.48. The average molecular weight is 310 g/mol. The van der Waals surface area contributed by atoms with Gasteiger partial charge in [-0.25, -0.2) is 0 Å². The van der Waals surface area contributed by atoms with Crippen molar-refractivity contribution in [3.8, 4) is 0 Å². The predicted molar refractivity (Wildman–Crippen MR) is 82.8 cm³/mol. The van der Waals surface area contributed by atoms with Crippen LogP contribution < -0.4 is 9.44 Å². The van der Waals surface area contributed by atoms with Crippen LogP contribution in [-0.2, 0) is 23.2 Å². The first-order valence-corrected chi connectivity index (χ1v) is 8.75. The maximum Gasteiger partial charge on any atom is 0.277 e. The van der Waals surface area contributed by atoms with Crippen molar-refractivity contribution in [1.29, 1.82) is 0 Å². The van der Waals surface area contributed by atoms with Gasteiger partial charge in [0.25, 0.3) is 10.2 Å². The van der Waals surface area contributed by atoms with Gasteiger partial charge in [-0.1, -0.05) is 36.4 Å². The molecule has 2 aromatic rings. The number of thiophene rings is 1. The highest BCUT2D eigenvalue weighted by molar-refractivity contribution is 7.87. The van der Waals surface area contributed by atoms with Gasteiger partial charge in [0.15, 0.2) is 0 Å². The summed E-state index contributed by atoms with van der Waals surface area (Å²) in [5, 5.41) is 1.99. The molecule has 0 bridgehead atoms. The zero-order valence-corrected chi connectivity index (χ0v) is 12.9. The van der Waals surface area contributed by atoms with E-state index in [4.69, 9.17) is 0 Å². The molecule has 20 heavy (non-hydrogen) atoms. The summed E-state index contributed by atoms with van der Waals surface area (Å²) in [6.07, 6.45) is 0.698. The van der Waals surface area contributed by atoms with E-state index in [0.29, 0.717) is 13.0 Å². The molecule has 4 nitrogen and oxygen atoms in total. The maximum absolute atomic E-state index is 11.9. The molecule has 0 amide bonds. The van der Waals surface area contributed by atoms with Crippen molar-refractivity contribution in [2.24, 2.45) is 0 Å². The van der Waals surface area contributed by atoms with Crippen LogP contribution in [0.15, 0.2) is 47.8 Å². The molecule has 2 rings (SSSR count). The molecular weight excluding hydrogens is 292 g/mol. The van der Waals surface area contributed by atoms with E-state index in [1.165, 1.54) is 4.88 Å². The summed E-state index contributed by atoms with van der Waals surface area (Å²) in [6, 6.07) is 13.3. The van der Waals surface area contributed by atoms with Crippen LogP contribution in [0.3, 0.4) is 0 Å². The molecule has 0 spiro atoms. The molecule has 0 saturated carbocycles. The Labute approximate surface area is 124 Å². The van der Waals surface area contributed by atoms with E-state index < -0.39 is 10.2 Å². The van der Waals surface area contributed by atoms with Crippen LogP contribution in [0.1, 0.15) is 17.4 Å². The predicted octanol–water partition coefficient (Wildman–Crippen LogP) is 2.30. The molecule has 1 atom stereocenters. The lowest BCUT2D eigenvalue weighted by Gasteiger charge is -2.14. The summed E-state index contributed by atoms with van der Waals surface area (Å²) < 4.78 is 29.0. The number of hydrogen-bond acceptors (Lipinski definition) is 3. The summed E-state index contributed by atoms with van der Waals surface area (Å²) >= 11 is 1.63. The van der Waals surface area contributed by atoms with E-state index in [0.717, 1.165) is 5.56 Å². The third-order valence-corrected chi connectivity index (χ3v) is 4.89. The van der Waals surface area contributed by atoms with Gasteiger partial charge < -0.3 is 0 Å². The van der Waals surface area contributed by atoms with E-state index >= 15 is 0 Å². The highest BCUT2D eigenvalue weighted by atomic mass is 32.2. The summed E-state index contributed by atoms with van der Waals surface area (Å²) in [4.78, 5) is 1.17. The molecule has 0 aliphatic heterocycles. The first-order valence-electron chi connectivity index (χ1n) is 6.38. The van der Waals surface area contributed by atoms with Crippen molar-refractivity contribution in [2.75, 3.05) is 0 Å². The number of hydrogen-bond donors (Lipinski definition) is 2. The molecule has 0 unspecified atom stereocenters. The van der Waals surface area contributed by atoms with Crippen molar-refractivity contribution in [1.82, 2.24) is 9.44 Å². The molecule has 0 fully saturated rings. The fourth-order valence-electron chi connectivity index (χ4n) is 1.85. The van der Waals surface area contributed by atoms with Crippen molar-refractivity contribution >= 4 is 21.5 Å². The second-order valence-corrected chi connectivity index (χ2v) is 7.18. The molecule has 0 saturated heterocycles. The van der Waals surface area contributed by atoms with Crippen molar-refractivity contribution < 1.29 is 8.42 Å². The molecular formula is C14H18N2O2S2. The van der Waals surface area contributed by atoms with Crippen molar-refractivity contribution in [3.63, 3.8) is 0 Å². The van der Waals surface area contributed by atoms with E-state index in [-0.39, 0.29) is 6.04 Å². The van der Waals surface area contributed by atoms with Crippen LogP contribution in [0.4, 0.5) is 0 Å². The zero-order chi connectivity index (χ0) is 14.4. The van der Waals surface area contributed by atoms with Crippen LogP contribution in [-0.4, -0.2) is 14.5 Å². The van der Waals surface area contributed by atoms with Gasteiger partial charge in [-0.3, -0.25) is 0 Å². The third-order valence-electron chi connectivity index (χ3n) is 2.75. The standard InChI is InChI=1S/C14H18N2O2S2/c1-12(10-14-8-5-9-19-14)16-20(17,18)15-11-13-6-3-2-4-7-13/h2-9,12,15-16H,10-11H2,1H3/t12-/m0/s1. The average Bonchev–Trinajstić information content (AvgIpc) is 2.90. The quantitative estimate of drug-likeness (QED) is 0.824. The smallest absolute Gasteiger partial charge is 0.199 e. The van der Waals surface area contributed by atoms with Gasteiger partial charge >= 0.3 is 0 Å². The molecule has 0 aliphatic rings. The third kappa shape index (κ3) is 5.05. The van der Waals surface area contributed by atoms with Crippen molar-refractivity contribution in [2.45, 2.75) is 25.9 Å². The molecule has 108 valence electrons. The Morgan fingerprint density at radius 3 is 2.55 bits per heavy atom. The molecule has 0 radical (unpaired) electrons. The Kier molecular flexibility index (Phi) is 5.31. The molecule has 0 aliphatic carbocycles. The van der Waals surface area contributed by atoms with Crippen LogP contribution in [0.2, 0.25) is 0 Å². The van der Waals surface area contributed by atoms with E-state index in [1.807, 2.05) is 54.8 Å². The first-order chi connectivity index (χ1) is 9.55. The Hall–Kier alpha value is -1.21. The van der Waals surface area contributed by atoms with Gasteiger partial charge in [-0.05, 0) is 30.4 Å². The highest BCUT2D eigenvalue weighted by Crippen LogP contribution is 2.11. The summed E-state index contributed by atoms with van der Waals surface area (Å²) in [7, 11) is -3.48. The lowest BCUT2D eigenvalue weighted by molar-refractivity contribution is 0.546. The molecule has 1 heterocycles. The topological polar surface area (TPSA) is 58.2 Å². The number of rotatable bonds is 7. The molecule has 1 aromatic heterocycles. The number of nitrogens with one attached hydrogen (secondary N) is 2. The largest absolute Gasteiger partial charge is 0.277 e. The normalized spacial score (nSPS) is 13.2. The van der Waals surface area contributed by atoms with Gasteiger partial charge in [-0.15, -0.1) is 11.3 Å². The monoisotopic (exact) mass is 310 g/mol. The van der Waals surface area contributed by atoms with Gasteiger partial charge in [0, 0.05) is 17.5 Å². The van der Waals surface area contributed by atoms with Gasteiger partial charge in [-0.2, -0.15) is 17.9 Å². The first kappa shape index (κ1) is 15.2. The SMILES string of the molecule is C[C@@H](Cc1cccs1)NS(=O)(=O)NCc1ccccc1. The second kappa shape index (κ2) is 6.99. The maximum atomic E-state index is 11.9. The van der Waals surface area contributed by atoms with Gasteiger partial charge in [0.05, 0.1) is 0 Å². The van der Waals surface area contributed by atoms with E-state index in [9.17, 15) is 8.42 Å². The van der Waals surface area contributed by atoms with Crippen molar-refractivity contribution in [3.05, 3.63) is 58.3 Å². The van der Waals surface area contributed by atoms with Crippen LogP contribution in [0.25, 0.3) is 0 Å². The molecule has 6 heteroatoms. The molecule has 2 N–H and O–H groups in total. The highest BCUT2D eigenvalue weighted by Gasteiger charge is 2.14. The van der Waals surface area contributed by atoms with Crippen LogP contribution in [0.5, 0.6) is 0 Å². The minimum absolute atomic E-state index is 0.137. The summed E-state index contributed by atoms with van der Waals surface area (Å²) in [5.74, 6) is 0. The zero-order valence-electron chi connectivity index (χ0n) is 11.2. The lowest BCUT2D eigenvalue weighted by atomic mass is 10.2. The second-order valence-electron chi connectivity index (χ2n) is 4.61. The number of benzene rings is 1. The lowest BCUT2D eigenvalue weighted by Crippen LogP contribution is -2.41. The Morgan fingerprint density at radius 1 is 1.15 bits per heavy atom. The van der Waals surface area contributed by atoms with E-state index in [1.54, 1.807) is 11.3 Å². The Morgan fingerprint density at radius 2 is 1.90 bits per heavy atom. The Balaban J connectivity index is 1.84. The summed E-state index contributed by atoms with van der Waals surface area (Å²) in [6.45, 7) is 2.16. The summed E-state index contributed by atoms with van der Waals surface area (Å²) in [5.41, 5.74) is 0.934. The van der Waals surface area contributed by atoms with Gasteiger partial charge in [0.1, 0.15) is 0 Å². The van der Waals surface area contributed by atoms with E-state index in [2.05, 4.69) is 9.44 Å². The van der Waals surface area contributed by atoms with Crippen LogP contribution in [0, 0.1) is 0 Å². The van der Waals surface area contributed by atoms with Gasteiger partial charge in [0.2, 0.25) is 0 Å². The molecule has 1 aromatic carbocycles. The fourth-order valence-corrected chi connectivity index (χ4v) is 3.74. The minimum Gasteiger partial charge on any atom is -0.199 e. The fraction of sp³-hybridized carbons (Fsp3) is 0.286. The van der Waals surface area contributed by atoms with Crippen LogP contribution >= 0.6 is 11.3 Å². The Bertz CT molecular complexity index is 610.